The van der Waals surface area contributed by atoms with Crippen LogP contribution in [-0.4, -0.2) is 0 Å². The average molecular weight is 316 g/mol. The van der Waals surface area contributed by atoms with E-state index >= 15 is 0 Å². The Morgan fingerprint density at radius 1 is 0.958 bits per heavy atom. The molecule has 0 saturated carbocycles. The first-order valence-corrected chi connectivity index (χ1v) is 7.70. The highest BCUT2D eigenvalue weighted by molar-refractivity contribution is 5.89. The molecule has 0 amide bonds. The van der Waals surface area contributed by atoms with Gasteiger partial charge in [-0.05, 0) is 47.5 Å². The van der Waals surface area contributed by atoms with Gasteiger partial charge >= 0.3 is 5.63 Å². The maximum Gasteiger partial charge on any atom is 0.360 e. The summed E-state index contributed by atoms with van der Waals surface area (Å²) >= 11 is 0. The molecule has 1 heterocycles. The third-order valence-electron chi connectivity index (χ3n) is 4.21. The SMILES string of the molecule is Cc1c(Nc2ccc3ccccc3c2)c(=O)oc2cc(N)ccc12. The molecular weight excluding hydrogens is 300 g/mol. The Balaban J connectivity index is 1.83. The Morgan fingerprint density at radius 3 is 2.58 bits per heavy atom. The molecule has 0 atom stereocenters. The van der Waals surface area contributed by atoms with Crippen LogP contribution >= 0.6 is 0 Å². The lowest BCUT2D eigenvalue weighted by molar-refractivity contribution is 0.563. The molecule has 0 unspecified atom stereocenters. The number of hydrogen-bond donors (Lipinski definition) is 2. The third-order valence-corrected chi connectivity index (χ3v) is 4.21. The monoisotopic (exact) mass is 316 g/mol. The maximum atomic E-state index is 12.4. The largest absolute Gasteiger partial charge is 0.421 e. The number of aryl methyl sites for hydroxylation is 1. The van der Waals surface area contributed by atoms with Crippen LogP contribution in [0.5, 0.6) is 0 Å². The molecule has 0 aliphatic heterocycles. The van der Waals surface area contributed by atoms with Gasteiger partial charge in [0.05, 0.1) is 0 Å². The van der Waals surface area contributed by atoms with Crippen LogP contribution in [0.25, 0.3) is 21.7 Å². The average Bonchev–Trinajstić information content (AvgIpc) is 2.58. The Kier molecular flexibility index (Phi) is 3.24. The van der Waals surface area contributed by atoms with E-state index in [1.54, 1.807) is 12.1 Å². The van der Waals surface area contributed by atoms with Gasteiger partial charge in [0.1, 0.15) is 11.3 Å². The molecule has 0 aliphatic rings. The first-order valence-electron chi connectivity index (χ1n) is 7.70. The van der Waals surface area contributed by atoms with E-state index in [2.05, 4.69) is 11.4 Å². The van der Waals surface area contributed by atoms with Gasteiger partial charge in [-0.2, -0.15) is 0 Å². The van der Waals surface area contributed by atoms with Gasteiger partial charge in [0.15, 0.2) is 0 Å². The summed E-state index contributed by atoms with van der Waals surface area (Å²) in [5.74, 6) is 0. The highest BCUT2D eigenvalue weighted by Gasteiger charge is 2.12. The molecule has 0 saturated heterocycles. The zero-order valence-electron chi connectivity index (χ0n) is 13.2. The van der Waals surface area contributed by atoms with Crippen LogP contribution in [0.4, 0.5) is 17.1 Å². The van der Waals surface area contributed by atoms with Crippen LogP contribution in [0.15, 0.2) is 69.9 Å². The van der Waals surface area contributed by atoms with Gasteiger partial charge in [-0.25, -0.2) is 4.79 Å². The molecule has 0 spiro atoms. The Morgan fingerprint density at radius 2 is 1.75 bits per heavy atom. The minimum Gasteiger partial charge on any atom is -0.421 e. The highest BCUT2D eigenvalue weighted by atomic mass is 16.4. The zero-order valence-corrected chi connectivity index (χ0v) is 13.2. The molecule has 0 fully saturated rings. The Hall–Kier alpha value is -3.27. The van der Waals surface area contributed by atoms with Crippen molar-refractivity contribution in [1.82, 2.24) is 0 Å². The molecule has 3 aromatic carbocycles. The fraction of sp³-hybridized carbons (Fsp3) is 0.0500. The summed E-state index contributed by atoms with van der Waals surface area (Å²) < 4.78 is 5.42. The van der Waals surface area contributed by atoms with Crippen LogP contribution in [0, 0.1) is 6.92 Å². The molecule has 4 nitrogen and oxygen atoms in total. The van der Waals surface area contributed by atoms with Gasteiger partial charge in [0, 0.05) is 22.8 Å². The summed E-state index contributed by atoms with van der Waals surface area (Å²) in [5.41, 5.74) is 8.56. The van der Waals surface area contributed by atoms with Crippen molar-refractivity contribution in [2.75, 3.05) is 11.1 Å². The number of fused-ring (bicyclic) bond motifs is 2. The van der Waals surface area contributed by atoms with E-state index in [-0.39, 0.29) is 0 Å². The van der Waals surface area contributed by atoms with Gasteiger partial charge < -0.3 is 15.5 Å². The lowest BCUT2D eigenvalue weighted by Crippen LogP contribution is -2.09. The molecule has 4 heteroatoms. The normalized spacial score (nSPS) is 11.0. The lowest BCUT2D eigenvalue weighted by atomic mass is 10.1. The summed E-state index contributed by atoms with van der Waals surface area (Å²) in [6, 6.07) is 19.4. The number of nitrogens with two attached hydrogens (primary N) is 1. The van der Waals surface area contributed by atoms with E-state index in [0.29, 0.717) is 17.0 Å². The minimum absolute atomic E-state index is 0.404. The summed E-state index contributed by atoms with van der Waals surface area (Å²) in [5, 5.41) is 6.33. The summed E-state index contributed by atoms with van der Waals surface area (Å²) in [6.07, 6.45) is 0. The molecule has 3 N–H and O–H groups in total. The van der Waals surface area contributed by atoms with Crippen LogP contribution in [0.3, 0.4) is 0 Å². The van der Waals surface area contributed by atoms with Crippen molar-refractivity contribution < 1.29 is 4.42 Å². The second-order valence-electron chi connectivity index (χ2n) is 5.83. The van der Waals surface area contributed by atoms with Gasteiger partial charge in [0.2, 0.25) is 0 Å². The van der Waals surface area contributed by atoms with Gasteiger partial charge in [-0.1, -0.05) is 30.3 Å². The minimum atomic E-state index is -0.404. The van der Waals surface area contributed by atoms with Crippen LogP contribution in [-0.2, 0) is 0 Å². The van der Waals surface area contributed by atoms with Crippen molar-refractivity contribution in [3.8, 4) is 0 Å². The van der Waals surface area contributed by atoms with Gasteiger partial charge in [0.25, 0.3) is 0 Å². The number of nitrogen functional groups attached to an aromatic ring is 1. The third kappa shape index (κ3) is 2.38. The smallest absolute Gasteiger partial charge is 0.360 e. The van der Waals surface area contributed by atoms with Gasteiger partial charge in [-0.3, -0.25) is 0 Å². The van der Waals surface area contributed by atoms with E-state index in [1.165, 1.54) is 0 Å². The van der Waals surface area contributed by atoms with Crippen molar-refractivity contribution in [2.45, 2.75) is 6.92 Å². The first kappa shape index (κ1) is 14.3. The van der Waals surface area contributed by atoms with E-state index in [0.717, 1.165) is 27.4 Å². The Bertz CT molecular complexity index is 1130. The number of hydrogen-bond acceptors (Lipinski definition) is 4. The van der Waals surface area contributed by atoms with E-state index in [4.69, 9.17) is 10.2 Å². The molecule has 118 valence electrons. The molecule has 0 aliphatic carbocycles. The van der Waals surface area contributed by atoms with Crippen molar-refractivity contribution in [3.63, 3.8) is 0 Å². The second-order valence-corrected chi connectivity index (χ2v) is 5.83. The topological polar surface area (TPSA) is 68.3 Å². The Labute approximate surface area is 138 Å². The van der Waals surface area contributed by atoms with Crippen molar-refractivity contribution in [3.05, 3.63) is 76.6 Å². The fourth-order valence-electron chi connectivity index (χ4n) is 2.93. The molecule has 0 bridgehead atoms. The number of nitrogens with one attached hydrogen (secondary N) is 1. The quantitative estimate of drug-likeness (QED) is 0.419. The van der Waals surface area contributed by atoms with Crippen LogP contribution in [0.1, 0.15) is 5.56 Å². The van der Waals surface area contributed by atoms with E-state index < -0.39 is 5.63 Å². The molecule has 24 heavy (non-hydrogen) atoms. The molecule has 4 rings (SSSR count). The lowest BCUT2D eigenvalue weighted by Gasteiger charge is -2.11. The number of anilines is 3. The maximum absolute atomic E-state index is 12.4. The van der Waals surface area contributed by atoms with E-state index in [1.807, 2.05) is 49.4 Å². The molecule has 0 radical (unpaired) electrons. The number of rotatable bonds is 2. The van der Waals surface area contributed by atoms with Crippen LogP contribution < -0.4 is 16.7 Å². The summed E-state index contributed by atoms with van der Waals surface area (Å²) in [4.78, 5) is 12.4. The van der Waals surface area contributed by atoms with E-state index in [9.17, 15) is 4.79 Å². The highest BCUT2D eigenvalue weighted by Crippen LogP contribution is 2.27. The number of benzene rings is 3. The van der Waals surface area contributed by atoms with Crippen molar-refractivity contribution >= 4 is 38.8 Å². The van der Waals surface area contributed by atoms with Crippen molar-refractivity contribution in [1.29, 1.82) is 0 Å². The van der Waals surface area contributed by atoms with Crippen molar-refractivity contribution in [2.24, 2.45) is 0 Å². The van der Waals surface area contributed by atoms with Crippen LogP contribution in [0.2, 0.25) is 0 Å². The molecular formula is C20H16N2O2. The second kappa shape index (κ2) is 5.42. The predicted octanol–water partition coefficient (Wildman–Crippen LogP) is 4.58. The molecule has 4 aromatic rings. The first-order chi connectivity index (χ1) is 11.6. The van der Waals surface area contributed by atoms with Gasteiger partial charge in [-0.15, -0.1) is 0 Å². The predicted molar refractivity (Wildman–Crippen MR) is 98.9 cm³/mol. The summed E-state index contributed by atoms with van der Waals surface area (Å²) in [7, 11) is 0. The zero-order chi connectivity index (χ0) is 16.7. The molecule has 1 aromatic heterocycles. The summed E-state index contributed by atoms with van der Waals surface area (Å²) in [6.45, 7) is 1.90. The standard InChI is InChI=1S/C20H16N2O2/c1-12-17-9-7-15(21)11-18(17)24-20(23)19(12)22-16-8-6-13-4-2-3-5-14(13)10-16/h2-11,22H,21H2,1H3. The fourth-order valence-corrected chi connectivity index (χ4v) is 2.93.